The van der Waals surface area contributed by atoms with Crippen LogP contribution in [-0.2, 0) is 17.8 Å². The van der Waals surface area contributed by atoms with Crippen LogP contribution >= 0.6 is 11.3 Å². The third kappa shape index (κ3) is 4.00. The molecule has 0 bridgehead atoms. The molecule has 0 radical (unpaired) electrons. The smallest absolute Gasteiger partial charge is 0.328 e. The SMILES string of the molecule is CC(Oc1ccc(/C=C/C(=O)O)cc1)N1CCc2sccc2C1. The second kappa shape index (κ2) is 6.98. The lowest BCUT2D eigenvalue weighted by molar-refractivity contribution is -0.131. The van der Waals surface area contributed by atoms with E-state index < -0.39 is 5.97 Å². The van der Waals surface area contributed by atoms with Crippen LogP contribution in [0.4, 0.5) is 0 Å². The van der Waals surface area contributed by atoms with Gasteiger partial charge in [0.1, 0.15) is 12.0 Å². The van der Waals surface area contributed by atoms with Crippen LogP contribution in [0.25, 0.3) is 6.08 Å². The normalized spacial score (nSPS) is 16.2. The monoisotopic (exact) mass is 329 g/mol. The molecule has 1 unspecified atom stereocenters. The van der Waals surface area contributed by atoms with E-state index in [4.69, 9.17) is 9.84 Å². The Labute approximate surface area is 139 Å². The van der Waals surface area contributed by atoms with E-state index in [1.165, 1.54) is 10.4 Å². The minimum atomic E-state index is -0.947. The molecule has 0 saturated heterocycles. The van der Waals surface area contributed by atoms with Crippen molar-refractivity contribution in [3.8, 4) is 5.75 Å². The van der Waals surface area contributed by atoms with Gasteiger partial charge in [0.15, 0.2) is 0 Å². The van der Waals surface area contributed by atoms with Crippen LogP contribution < -0.4 is 4.74 Å². The van der Waals surface area contributed by atoms with Crippen molar-refractivity contribution in [3.63, 3.8) is 0 Å². The molecule has 3 rings (SSSR count). The van der Waals surface area contributed by atoms with Crippen molar-refractivity contribution >= 4 is 23.4 Å². The van der Waals surface area contributed by atoms with Gasteiger partial charge < -0.3 is 9.84 Å². The lowest BCUT2D eigenvalue weighted by Crippen LogP contribution is -2.40. The number of fused-ring (bicyclic) bond motifs is 1. The van der Waals surface area contributed by atoms with Crippen molar-refractivity contribution in [3.05, 3.63) is 57.8 Å². The Morgan fingerprint density at radius 2 is 2.13 bits per heavy atom. The van der Waals surface area contributed by atoms with E-state index in [1.807, 2.05) is 35.6 Å². The lowest BCUT2D eigenvalue weighted by atomic mass is 10.1. The van der Waals surface area contributed by atoms with Gasteiger partial charge in [-0.25, -0.2) is 4.79 Å². The summed E-state index contributed by atoms with van der Waals surface area (Å²) >= 11 is 1.84. The van der Waals surface area contributed by atoms with Gasteiger partial charge in [0.25, 0.3) is 0 Å². The summed E-state index contributed by atoms with van der Waals surface area (Å²) in [7, 11) is 0. The fraction of sp³-hybridized carbons (Fsp3) is 0.278. The molecule has 1 aliphatic rings. The average molecular weight is 329 g/mol. The highest BCUT2D eigenvalue weighted by Crippen LogP contribution is 2.26. The Morgan fingerprint density at radius 1 is 1.35 bits per heavy atom. The molecular formula is C18H19NO3S. The molecule has 23 heavy (non-hydrogen) atoms. The Bertz CT molecular complexity index is 705. The molecule has 0 saturated carbocycles. The number of ether oxygens (including phenoxy) is 1. The number of carboxylic acids is 1. The molecule has 120 valence electrons. The zero-order valence-corrected chi connectivity index (χ0v) is 13.8. The van der Waals surface area contributed by atoms with Crippen LogP contribution in [0, 0.1) is 0 Å². The van der Waals surface area contributed by atoms with E-state index in [9.17, 15) is 4.79 Å². The first-order chi connectivity index (χ1) is 11.1. The first-order valence-electron chi connectivity index (χ1n) is 7.59. The Balaban J connectivity index is 1.60. The van der Waals surface area contributed by atoms with Crippen molar-refractivity contribution in [1.82, 2.24) is 4.90 Å². The number of hydrogen-bond donors (Lipinski definition) is 1. The molecule has 2 heterocycles. The number of rotatable bonds is 5. The molecule has 0 spiro atoms. The molecule has 0 aliphatic carbocycles. The van der Waals surface area contributed by atoms with Gasteiger partial charge in [-0.2, -0.15) is 0 Å². The van der Waals surface area contributed by atoms with Crippen molar-refractivity contribution in [1.29, 1.82) is 0 Å². The van der Waals surface area contributed by atoms with Gasteiger partial charge in [-0.1, -0.05) is 12.1 Å². The lowest BCUT2D eigenvalue weighted by Gasteiger charge is -2.32. The zero-order chi connectivity index (χ0) is 16.2. The quantitative estimate of drug-likeness (QED) is 0.851. The van der Waals surface area contributed by atoms with E-state index in [-0.39, 0.29) is 6.23 Å². The summed E-state index contributed by atoms with van der Waals surface area (Å²) in [6.45, 7) is 4.00. The third-order valence-corrected chi connectivity index (χ3v) is 4.98. The molecule has 1 aromatic heterocycles. The minimum Gasteiger partial charge on any atom is -0.478 e. The molecule has 1 aliphatic heterocycles. The minimum absolute atomic E-state index is 0.00321. The predicted octanol–water partition coefficient (Wildman–Crippen LogP) is 3.63. The van der Waals surface area contributed by atoms with Crippen molar-refractivity contribution in [2.75, 3.05) is 6.54 Å². The number of carboxylic acid groups (broad SMARTS) is 1. The Hall–Kier alpha value is -2.11. The molecule has 1 aromatic carbocycles. The fourth-order valence-electron chi connectivity index (χ4n) is 2.68. The van der Waals surface area contributed by atoms with Crippen LogP contribution in [0.1, 0.15) is 22.9 Å². The summed E-state index contributed by atoms with van der Waals surface area (Å²) in [6.07, 6.45) is 3.78. The topological polar surface area (TPSA) is 49.8 Å². The van der Waals surface area contributed by atoms with E-state index in [0.29, 0.717) is 0 Å². The van der Waals surface area contributed by atoms with Gasteiger partial charge in [-0.3, -0.25) is 4.90 Å². The number of benzene rings is 1. The number of hydrogen-bond acceptors (Lipinski definition) is 4. The van der Waals surface area contributed by atoms with E-state index in [0.717, 1.165) is 36.9 Å². The zero-order valence-electron chi connectivity index (χ0n) is 12.9. The van der Waals surface area contributed by atoms with Gasteiger partial charge in [-0.15, -0.1) is 11.3 Å². The summed E-state index contributed by atoms with van der Waals surface area (Å²) in [4.78, 5) is 14.3. The summed E-state index contributed by atoms with van der Waals surface area (Å²) in [5.74, 6) is -0.155. The van der Waals surface area contributed by atoms with Crippen LogP contribution in [0.3, 0.4) is 0 Å². The maximum atomic E-state index is 10.5. The summed E-state index contributed by atoms with van der Waals surface area (Å²) in [5.41, 5.74) is 2.25. The second-order valence-electron chi connectivity index (χ2n) is 5.55. The maximum absolute atomic E-state index is 10.5. The van der Waals surface area contributed by atoms with Crippen molar-refractivity contribution < 1.29 is 14.6 Å². The van der Waals surface area contributed by atoms with Crippen LogP contribution in [0.15, 0.2) is 41.8 Å². The first-order valence-corrected chi connectivity index (χ1v) is 8.47. The van der Waals surface area contributed by atoms with Crippen LogP contribution in [0.2, 0.25) is 0 Å². The highest BCUT2D eigenvalue weighted by Gasteiger charge is 2.22. The van der Waals surface area contributed by atoms with Gasteiger partial charge in [0, 0.05) is 24.0 Å². The standard InChI is InChI=1S/C18H19NO3S/c1-13(19-10-8-17-15(12-19)9-11-23-17)22-16-5-2-14(3-6-16)4-7-18(20)21/h2-7,9,11,13H,8,10,12H2,1H3,(H,20,21)/b7-4+. The maximum Gasteiger partial charge on any atom is 0.328 e. The highest BCUT2D eigenvalue weighted by atomic mass is 32.1. The van der Waals surface area contributed by atoms with E-state index >= 15 is 0 Å². The number of thiophene rings is 1. The van der Waals surface area contributed by atoms with E-state index in [2.05, 4.69) is 23.3 Å². The van der Waals surface area contributed by atoms with Gasteiger partial charge in [0.05, 0.1) is 0 Å². The number of carbonyl (C=O) groups is 1. The Kier molecular flexibility index (Phi) is 4.79. The van der Waals surface area contributed by atoms with Crippen LogP contribution in [-0.4, -0.2) is 28.7 Å². The molecule has 5 heteroatoms. The Morgan fingerprint density at radius 3 is 2.87 bits per heavy atom. The molecule has 1 atom stereocenters. The van der Waals surface area contributed by atoms with Gasteiger partial charge >= 0.3 is 5.97 Å². The van der Waals surface area contributed by atoms with Crippen molar-refractivity contribution in [2.45, 2.75) is 26.1 Å². The average Bonchev–Trinajstić information content (AvgIpc) is 3.01. The number of nitrogens with zero attached hydrogens (tertiary/aromatic N) is 1. The molecular weight excluding hydrogens is 310 g/mol. The van der Waals surface area contributed by atoms with Crippen LogP contribution in [0.5, 0.6) is 5.75 Å². The summed E-state index contributed by atoms with van der Waals surface area (Å²) < 4.78 is 6.01. The number of aliphatic carboxylic acids is 1. The van der Waals surface area contributed by atoms with Crippen molar-refractivity contribution in [2.24, 2.45) is 0 Å². The molecule has 4 nitrogen and oxygen atoms in total. The molecule has 0 amide bonds. The van der Waals surface area contributed by atoms with Gasteiger partial charge in [-0.05, 0) is 54.1 Å². The largest absolute Gasteiger partial charge is 0.478 e. The molecule has 0 fully saturated rings. The molecule has 1 N–H and O–H groups in total. The fourth-order valence-corrected chi connectivity index (χ4v) is 3.57. The summed E-state index contributed by atoms with van der Waals surface area (Å²) in [5, 5.41) is 10.8. The van der Waals surface area contributed by atoms with E-state index in [1.54, 1.807) is 6.08 Å². The predicted molar refractivity (Wildman–Crippen MR) is 91.6 cm³/mol. The summed E-state index contributed by atoms with van der Waals surface area (Å²) in [6, 6.07) is 9.65. The highest BCUT2D eigenvalue weighted by molar-refractivity contribution is 7.10. The van der Waals surface area contributed by atoms with Gasteiger partial charge in [0.2, 0.25) is 0 Å². The first kappa shape index (κ1) is 15.8. The molecule has 2 aromatic rings. The third-order valence-electron chi connectivity index (χ3n) is 3.96. The second-order valence-corrected chi connectivity index (χ2v) is 6.55.